The van der Waals surface area contributed by atoms with Crippen molar-refractivity contribution in [2.24, 2.45) is 0 Å². The number of carbonyl (C=O) groups is 1. The number of para-hydroxylation sites is 1. The van der Waals surface area contributed by atoms with Gasteiger partial charge in [-0.05, 0) is 42.7 Å². The third kappa shape index (κ3) is 4.49. The Morgan fingerprint density at radius 2 is 1.91 bits per heavy atom. The van der Waals surface area contributed by atoms with Gasteiger partial charge in [-0.3, -0.25) is 4.79 Å². The number of carboxylic acid groups (broad SMARTS) is 1. The molecule has 1 unspecified atom stereocenters. The summed E-state index contributed by atoms with van der Waals surface area (Å²) in [5.41, 5.74) is 2.85. The Labute approximate surface area is 137 Å². The van der Waals surface area contributed by atoms with Gasteiger partial charge in [0, 0.05) is 19.8 Å². The zero-order chi connectivity index (χ0) is 16.8. The Morgan fingerprint density at radius 1 is 1.17 bits per heavy atom. The summed E-state index contributed by atoms with van der Waals surface area (Å²) in [4.78, 5) is 13.6. The molecule has 0 saturated carbocycles. The molecule has 0 saturated heterocycles. The Kier molecular flexibility index (Phi) is 5.63. The molecule has 0 spiro atoms. The molecule has 2 aromatic carbocycles. The van der Waals surface area contributed by atoms with Crippen LogP contribution in [0.3, 0.4) is 0 Å². The fraction of sp³-hybridized carbons (Fsp3) is 0.316. The normalized spacial score (nSPS) is 11.8. The third-order valence-electron chi connectivity index (χ3n) is 3.84. The van der Waals surface area contributed by atoms with Gasteiger partial charge in [0.2, 0.25) is 0 Å². The first kappa shape index (κ1) is 16.9. The van der Waals surface area contributed by atoms with Gasteiger partial charge in [0.05, 0.1) is 12.5 Å². The van der Waals surface area contributed by atoms with Crippen molar-refractivity contribution < 1.29 is 14.6 Å². The summed E-state index contributed by atoms with van der Waals surface area (Å²) in [6.45, 7) is 2.35. The van der Waals surface area contributed by atoms with Crippen LogP contribution in [0.1, 0.15) is 23.5 Å². The number of aliphatic carboxylic acids is 1. The molecule has 0 aromatic heterocycles. The summed E-state index contributed by atoms with van der Waals surface area (Å²) in [6, 6.07) is 15.4. The summed E-state index contributed by atoms with van der Waals surface area (Å²) in [5.74, 6) is -0.591. The molecule has 0 heterocycles. The van der Waals surface area contributed by atoms with Crippen molar-refractivity contribution in [2.75, 3.05) is 25.6 Å². The number of aryl methyl sites for hydroxylation is 1. The second-order valence-corrected chi connectivity index (χ2v) is 5.78. The lowest BCUT2D eigenvalue weighted by atomic mass is 9.95. The molecule has 0 fully saturated rings. The molecule has 1 N–H and O–H groups in total. The van der Waals surface area contributed by atoms with Gasteiger partial charge in [0.25, 0.3) is 0 Å². The van der Waals surface area contributed by atoms with Crippen LogP contribution in [0, 0.1) is 6.92 Å². The summed E-state index contributed by atoms with van der Waals surface area (Å²) in [5, 5.41) is 9.54. The topological polar surface area (TPSA) is 49.8 Å². The fourth-order valence-corrected chi connectivity index (χ4v) is 2.46. The quantitative estimate of drug-likeness (QED) is 0.847. The van der Waals surface area contributed by atoms with Gasteiger partial charge in [-0.2, -0.15) is 0 Å². The number of nitrogens with zero attached hydrogens (tertiary/aromatic N) is 1. The van der Waals surface area contributed by atoms with Crippen LogP contribution in [0.5, 0.6) is 5.75 Å². The number of hydrogen-bond acceptors (Lipinski definition) is 3. The lowest BCUT2D eigenvalue weighted by Gasteiger charge is -2.18. The van der Waals surface area contributed by atoms with Crippen molar-refractivity contribution in [1.82, 2.24) is 0 Å². The van der Waals surface area contributed by atoms with Crippen molar-refractivity contribution in [3.8, 4) is 5.75 Å². The maximum absolute atomic E-state index is 11.6. The lowest BCUT2D eigenvalue weighted by molar-refractivity contribution is -0.139. The zero-order valence-corrected chi connectivity index (χ0v) is 13.8. The number of anilines is 1. The molecule has 2 rings (SSSR count). The van der Waals surface area contributed by atoms with Gasteiger partial charge in [0.15, 0.2) is 0 Å². The van der Waals surface area contributed by atoms with Crippen LogP contribution < -0.4 is 9.64 Å². The molecule has 1 atom stereocenters. The minimum atomic E-state index is -0.825. The van der Waals surface area contributed by atoms with Crippen LogP contribution in [0.4, 0.5) is 5.69 Å². The maximum Gasteiger partial charge on any atom is 0.311 e. The molecule has 4 nitrogen and oxygen atoms in total. The SMILES string of the molecule is Cc1ccccc1OCCC(C(=O)O)c1cccc(N(C)C)c1. The predicted octanol–water partition coefficient (Wildman–Crippen LogP) is 3.70. The molecule has 23 heavy (non-hydrogen) atoms. The molecule has 0 aliphatic carbocycles. The number of hydrogen-bond donors (Lipinski definition) is 1. The molecule has 0 radical (unpaired) electrons. The number of rotatable bonds is 7. The predicted molar refractivity (Wildman–Crippen MR) is 92.4 cm³/mol. The average Bonchev–Trinajstić information content (AvgIpc) is 2.53. The van der Waals surface area contributed by atoms with E-state index in [-0.39, 0.29) is 0 Å². The Bertz CT molecular complexity index is 667. The molecular weight excluding hydrogens is 290 g/mol. The van der Waals surface area contributed by atoms with Gasteiger partial charge in [-0.15, -0.1) is 0 Å². The number of ether oxygens (including phenoxy) is 1. The van der Waals surface area contributed by atoms with E-state index in [9.17, 15) is 9.90 Å². The molecule has 122 valence electrons. The van der Waals surface area contributed by atoms with Crippen molar-refractivity contribution >= 4 is 11.7 Å². The van der Waals surface area contributed by atoms with Crippen LogP contribution in [0.2, 0.25) is 0 Å². The highest BCUT2D eigenvalue weighted by atomic mass is 16.5. The molecule has 4 heteroatoms. The molecule has 2 aromatic rings. The van der Waals surface area contributed by atoms with Crippen LogP contribution >= 0.6 is 0 Å². The summed E-state index contributed by atoms with van der Waals surface area (Å²) in [6.07, 6.45) is 0.431. The lowest BCUT2D eigenvalue weighted by Crippen LogP contribution is -2.16. The van der Waals surface area contributed by atoms with E-state index in [0.29, 0.717) is 13.0 Å². The van der Waals surface area contributed by atoms with Crippen molar-refractivity contribution in [2.45, 2.75) is 19.3 Å². The first-order chi connectivity index (χ1) is 11.0. The second-order valence-electron chi connectivity index (χ2n) is 5.78. The Morgan fingerprint density at radius 3 is 2.57 bits per heavy atom. The van der Waals surface area contributed by atoms with Gasteiger partial charge in [0.1, 0.15) is 5.75 Å². The minimum Gasteiger partial charge on any atom is -0.493 e. The van der Waals surface area contributed by atoms with E-state index >= 15 is 0 Å². The van der Waals surface area contributed by atoms with Crippen molar-refractivity contribution in [1.29, 1.82) is 0 Å². The van der Waals surface area contributed by atoms with Crippen LogP contribution in [-0.2, 0) is 4.79 Å². The number of benzene rings is 2. The minimum absolute atomic E-state index is 0.369. The summed E-state index contributed by atoms with van der Waals surface area (Å²) >= 11 is 0. The summed E-state index contributed by atoms with van der Waals surface area (Å²) in [7, 11) is 3.88. The first-order valence-corrected chi connectivity index (χ1v) is 7.67. The van der Waals surface area contributed by atoms with E-state index in [0.717, 1.165) is 22.6 Å². The second kappa shape index (κ2) is 7.68. The largest absolute Gasteiger partial charge is 0.493 e. The van der Waals surface area contributed by atoms with Gasteiger partial charge >= 0.3 is 5.97 Å². The van der Waals surface area contributed by atoms with E-state index in [1.807, 2.05) is 74.4 Å². The maximum atomic E-state index is 11.6. The first-order valence-electron chi connectivity index (χ1n) is 7.67. The zero-order valence-electron chi connectivity index (χ0n) is 13.8. The van der Waals surface area contributed by atoms with E-state index in [1.165, 1.54) is 0 Å². The molecule has 0 amide bonds. The van der Waals surface area contributed by atoms with Gasteiger partial charge in [-0.1, -0.05) is 30.3 Å². The van der Waals surface area contributed by atoms with Gasteiger partial charge < -0.3 is 14.7 Å². The standard InChI is InChI=1S/C19H23NO3/c1-14-7-4-5-10-18(14)23-12-11-17(19(21)22)15-8-6-9-16(13-15)20(2)3/h4-10,13,17H,11-12H2,1-3H3,(H,21,22). The van der Waals surface area contributed by atoms with E-state index in [2.05, 4.69) is 0 Å². The van der Waals surface area contributed by atoms with E-state index in [1.54, 1.807) is 0 Å². The third-order valence-corrected chi connectivity index (χ3v) is 3.84. The highest BCUT2D eigenvalue weighted by Crippen LogP contribution is 2.25. The van der Waals surface area contributed by atoms with Crippen LogP contribution in [0.25, 0.3) is 0 Å². The molecule has 0 aliphatic heterocycles. The highest BCUT2D eigenvalue weighted by molar-refractivity contribution is 5.76. The van der Waals surface area contributed by atoms with Crippen LogP contribution in [0.15, 0.2) is 48.5 Å². The van der Waals surface area contributed by atoms with E-state index in [4.69, 9.17) is 4.74 Å². The van der Waals surface area contributed by atoms with E-state index < -0.39 is 11.9 Å². The van der Waals surface area contributed by atoms with Crippen molar-refractivity contribution in [3.05, 3.63) is 59.7 Å². The van der Waals surface area contributed by atoms with Crippen LogP contribution in [-0.4, -0.2) is 31.8 Å². The molecule has 0 bridgehead atoms. The van der Waals surface area contributed by atoms with Gasteiger partial charge in [-0.25, -0.2) is 0 Å². The average molecular weight is 313 g/mol. The summed E-state index contributed by atoms with van der Waals surface area (Å²) < 4.78 is 5.74. The molecular formula is C19H23NO3. The monoisotopic (exact) mass is 313 g/mol. The fourth-order valence-electron chi connectivity index (χ4n) is 2.46. The Hall–Kier alpha value is -2.49. The number of carboxylic acids is 1. The Balaban J connectivity index is 2.06. The molecule has 0 aliphatic rings. The smallest absolute Gasteiger partial charge is 0.311 e. The van der Waals surface area contributed by atoms with Crippen molar-refractivity contribution in [3.63, 3.8) is 0 Å². The highest BCUT2D eigenvalue weighted by Gasteiger charge is 2.20.